The number of fused-ring (bicyclic) bond motifs is 1. The van der Waals surface area contributed by atoms with Gasteiger partial charge in [0.2, 0.25) is 5.88 Å². The van der Waals surface area contributed by atoms with E-state index in [1.165, 1.54) is 12.1 Å². The van der Waals surface area contributed by atoms with Crippen LogP contribution in [-0.4, -0.2) is 23.0 Å². The Morgan fingerprint density at radius 1 is 0.931 bits per heavy atom. The number of nitrogens with zero attached hydrogens (tertiary/aromatic N) is 2. The maximum absolute atomic E-state index is 13.8. The first kappa shape index (κ1) is 18.4. The van der Waals surface area contributed by atoms with E-state index in [0.29, 0.717) is 22.8 Å². The number of ether oxygens (including phenoxy) is 2. The number of halogens is 1. The number of nitrogens with one attached hydrogen (secondary N) is 1. The van der Waals surface area contributed by atoms with E-state index < -0.39 is 5.82 Å². The molecule has 2 heterocycles. The molecule has 0 saturated heterocycles. The molecular formula is C22H16FN3O3. The third-order valence-corrected chi connectivity index (χ3v) is 4.17. The highest BCUT2D eigenvalue weighted by Crippen LogP contribution is 2.24. The molecule has 0 unspecified atom stereocenters. The molecule has 2 aromatic heterocycles. The van der Waals surface area contributed by atoms with E-state index in [1.54, 1.807) is 67.8 Å². The van der Waals surface area contributed by atoms with Gasteiger partial charge in [0.1, 0.15) is 11.6 Å². The van der Waals surface area contributed by atoms with Crippen LogP contribution in [0.3, 0.4) is 0 Å². The van der Waals surface area contributed by atoms with Gasteiger partial charge < -0.3 is 14.8 Å². The number of benzene rings is 2. The minimum Gasteiger partial charge on any atom is -0.497 e. The summed E-state index contributed by atoms with van der Waals surface area (Å²) in [4.78, 5) is 21.1. The van der Waals surface area contributed by atoms with E-state index in [-0.39, 0.29) is 17.5 Å². The number of hydrogen-bond donors (Lipinski definition) is 1. The normalized spacial score (nSPS) is 10.6. The van der Waals surface area contributed by atoms with Crippen molar-refractivity contribution in [3.8, 4) is 17.4 Å². The maximum Gasteiger partial charge on any atom is 0.256 e. The smallest absolute Gasteiger partial charge is 0.256 e. The second-order valence-corrected chi connectivity index (χ2v) is 6.11. The number of amides is 1. The molecule has 1 amide bonds. The molecule has 0 fully saturated rings. The first-order chi connectivity index (χ1) is 14.1. The number of anilines is 1. The van der Waals surface area contributed by atoms with Crippen molar-refractivity contribution in [3.63, 3.8) is 0 Å². The van der Waals surface area contributed by atoms with Crippen LogP contribution in [0, 0.1) is 5.82 Å². The summed E-state index contributed by atoms with van der Waals surface area (Å²) in [7, 11) is 1.56. The minimum atomic E-state index is -0.483. The molecule has 0 bridgehead atoms. The highest BCUT2D eigenvalue weighted by Gasteiger charge is 2.10. The average molecular weight is 389 g/mol. The first-order valence-electron chi connectivity index (χ1n) is 8.78. The molecule has 6 nitrogen and oxygen atoms in total. The third-order valence-electron chi connectivity index (χ3n) is 4.17. The number of rotatable bonds is 5. The predicted octanol–water partition coefficient (Wildman–Crippen LogP) is 4.82. The Balaban J connectivity index is 1.56. The van der Waals surface area contributed by atoms with Crippen molar-refractivity contribution in [2.24, 2.45) is 0 Å². The molecule has 0 aliphatic heterocycles. The van der Waals surface area contributed by atoms with E-state index in [9.17, 15) is 9.18 Å². The molecule has 144 valence electrons. The molecule has 4 aromatic rings. The van der Waals surface area contributed by atoms with Crippen molar-refractivity contribution in [1.29, 1.82) is 0 Å². The van der Waals surface area contributed by atoms with Crippen LogP contribution in [0.5, 0.6) is 17.4 Å². The average Bonchev–Trinajstić information content (AvgIpc) is 2.75. The lowest BCUT2D eigenvalue weighted by Gasteiger charge is -2.08. The van der Waals surface area contributed by atoms with Gasteiger partial charge in [-0.3, -0.25) is 4.79 Å². The van der Waals surface area contributed by atoms with Crippen molar-refractivity contribution < 1.29 is 18.7 Å². The maximum atomic E-state index is 13.8. The Kier molecular flexibility index (Phi) is 5.03. The molecule has 4 rings (SSSR count). The lowest BCUT2D eigenvalue weighted by molar-refractivity contribution is 0.102. The van der Waals surface area contributed by atoms with Crippen LogP contribution in [0.1, 0.15) is 10.4 Å². The molecule has 7 heteroatoms. The van der Waals surface area contributed by atoms with Gasteiger partial charge >= 0.3 is 0 Å². The largest absolute Gasteiger partial charge is 0.497 e. The Bertz CT molecular complexity index is 1180. The second kappa shape index (κ2) is 7.93. The lowest BCUT2D eigenvalue weighted by Crippen LogP contribution is -2.12. The van der Waals surface area contributed by atoms with Crippen LogP contribution < -0.4 is 14.8 Å². The summed E-state index contributed by atoms with van der Waals surface area (Å²) in [6.07, 6.45) is 0. The Labute approximate surface area is 166 Å². The highest BCUT2D eigenvalue weighted by atomic mass is 19.1. The number of hydrogen-bond acceptors (Lipinski definition) is 5. The van der Waals surface area contributed by atoms with Gasteiger partial charge in [-0.15, -0.1) is 0 Å². The summed E-state index contributed by atoms with van der Waals surface area (Å²) >= 11 is 0. The SMILES string of the molecule is COc1ccc(C(=O)Nc2ccc3ccc(Oc4ccccc4F)nc3n2)cc1. The monoisotopic (exact) mass is 389 g/mol. The molecule has 0 atom stereocenters. The number of pyridine rings is 2. The minimum absolute atomic E-state index is 0.0725. The third kappa shape index (κ3) is 4.14. The summed E-state index contributed by atoms with van der Waals surface area (Å²) < 4.78 is 24.4. The van der Waals surface area contributed by atoms with Gasteiger partial charge in [-0.25, -0.2) is 9.37 Å². The summed E-state index contributed by atoms with van der Waals surface area (Å²) in [5.74, 6) is 0.490. The molecular weight excluding hydrogens is 373 g/mol. The second-order valence-electron chi connectivity index (χ2n) is 6.11. The van der Waals surface area contributed by atoms with Crippen LogP contribution >= 0.6 is 0 Å². The Morgan fingerprint density at radius 3 is 2.45 bits per heavy atom. The van der Waals surface area contributed by atoms with Gasteiger partial charge in [0, 0.05) is 17.0 Å². The Morgan fingerprint density at radius 2 is 1.69 bits per heavy atom. The molecule has 1 N–H and O–H groups in total. The van der Waals surface area contributed by atoms with Gasteiger partial charge in [0.15, 0.2) is 17.2 Å². The summed E-state index contributed by atoms with van der Waals surface area (Å²) in [5, 5.41) is 3.49. The number of carbonyl (C=O) groups is 1. The molecule has 29 heavy (non-hydrogen) atoms. The van der Waals surface area contributed by atoms with Crippen molar-refractivity contribution in [1.82, 2.24) is 9.97 Å². The summed E-state index contributed by atoms with van der Waals surface area (Å²) in [6, 6.07) is 19.7. The van der Waals surface area contributed by atoms with Crippen molar-refractivity contribution >= 4 is 22.8 Å². The number of methoxy groups -OCH3 is 1. The van der Waals surface area contributed by atoms with Crippen LogP contribution in [-0.2, 0) is 0 Å². The van der Waals surface area contributed by atoms with Crippen molar-refractivity contribution in [2.45, 2.75) is 0 Å². The number of aromatic nitrogens is 2. The van der Waals surface area contributed by atoms with E-state index in [1.807, 2.05) is 0 Å². The summed E-state index contributed by atoms with van der Waals surface area (Å²) in [5.41, 5.74) is 0.837. The van der Waals surface area contributed by atoms with Gasteiger partial charge in [0.25, 0.3) is 5.91 Å². The van der Waals surface area contributed by atoms with Crippen LogP contribution in [0.2, 0.25) is 0 Å². The van der Waals surface area contributed by atoms with Crippen LogP contribution in [0.4, 0.5) is 10.2 Å². The molecule has 0 saturated carbocycles. The van der Waals surface area contributed by atoms with Crippen molar-refractivity contribution in [2.75, 3.05) is 12.4 Å². The van der Waals surface area contributed by atoms with Gasteiger partial charge in [0.05, 0.1) is 7.11 Å². The van der Waals surface area contributed by atoms with Crippen LogP contribution in [0.25, 0.3) is 11.0 Å². The van der Waals surface area contributed by atoms with E-state index in [4.69, 9.17) is 9.47 Å². The topological polar surface area (TPSA) is 73.3 Å². The molecule has 0 aliphatic rings. The fourth-order valence-electron chi connectivity index (χ4n) is 2.68. The van der Waals surface area contributed by atoms with Gasteiger partial charge in [-0.05, 0) is 54.6 Å². The van der Waals surface area contributed by atoms with Crippen LogP contribution in [0.15, 0.2) is 72.8 Å². The standard InChI is InChI=1S/C22H16FN3O3/c1-28-16-10-6-15(7-11-16)22(27)25-19-12-8-14-9-13-20(26-21(14)24-19)29-18-5-3-2-4-17(18)23/h2-13H,1H3,(H,24,25,26,27). The van der Waals surface area contributed by atoms with E-state index >= 15 is 0 Å². The van der Waals surface area contributed by atoms with Gasteiger partial charge in [-0.2, -0.15) is 4.98 Å². The van der Waals surface area contributed by atoms with E-state index in [0.717, 1.165) is 5.39 Å². The predicted molar refractivity (Wildman–Crippen MR) is 107 cm³/mol. The molecule has 0 spiro atoms. The molecule has 0 aliphatic carbocycles. The molecule has 2 aromatic carbocycles. The highest BCUT2D eigenvalue weighted by molar-refractivity contribution is 6.04. The summed E-state index contributed by atoms with van der Waals surface area (Å²) in [6.45, 7) is 0. The number of carbonyl (C=O) groups excluding carboxylic acids is 1. The van der Waals surface area contributed by atoms with E-state index in [2.05, 4.69) is 15.3 Å². The zero-order valence-electron chi connectivity index (χ0n) is 15.4. The quantitative estimate of drug-likeness (QED) is 0.530. The molecule has 0 radical (unpaired) electrons. The zero-order chi connectivity index (χ0) is 20.2. The zero-order valence-corrected chi connectivity index (χ0v) is 15.4. The Hall–Kier alpha value is -4.00. The lowest BCUT2D eigenvalue weighted by atomic mass is 10.2. The van der Waals surface area contributed by atoms with Gasteiger partial charge in [-0.1, -0.05) is 12.1 Å². The number of para-hydroxylation sites is 1. The fourth-order valence-corrected chi connectivity index (χ4v) is 2.68. The fraction of sp³-hybridized carbons (Fsp3) is 0.0455. The first-order valence-corrected chi connectivity index (χ1v) is 8.78. The van der Waals surface area contributed by atoms with Crippen molar-refractivity contribution in [3.05, 3.63) is 84.2 Å².